The smallest absolute Gasteiger partial charge is 0.240 e. The standard InChI is InChI=1S/C18H28N6O2S.HI/c1-13-6-8-16(9-7-13)27(25,26)22-11-10-20-18(19-4)21-12-17-14(2)23-24(5)15(17)3;/h6-9,22H,10-12H2,1-5H3,(H2,19,20,21);1H. The maximum Gasteiger partial charge on any atom is 0.240 e. The number of aromatic nitrogens is 2. The first kappa shape index (κ1) is 24.4. The van der Waals surface area contributed by atoms with Crippen LogP contribution in [0.25, 0.3) is 0 Å². The molecule has 3 N–H and O–H groups in total. The van der Waals surface area contributed by atoms with Crippen LogP contribution in [0.4, 0.5) is 0 Å². The first-order chi connectivity index (χ1) is 12.7. The molecule has 0 spiro atoms. The Morgan fingerprint density at radius 3 is 2.29 bits per heavy atom. The van der Waals surface area contributed by atoms with E-state index in [1.807, 2.05) is 32.5 Å². The van der Waals surface area contributed by atoms with Crippen molar-refractivity contribution in [2.24, 2.45) is 12.0 Å². The van der Waals surface area contributed by atoms with Crippen LogP contribution in [0.2, 0.25) is 0 Å². The molecule has 2 rings (SSSR count). The van der Waals surface area contributed by atoms with Crippen LogP contribution in [0.5, 0.6) is 0 Å². The van der Waals surface area contributed by atoms with Crippen LogP contribution in [-0.4, -0.2) is 44.3 Å². The maximum atomic E-state index is 12.3. The molecule has 2 aromatic rings. The second-order valence-electron chi connectivity index (χ2n) is 6.34. The average Bonchev–Trinajstić information content (AvgIpc) is 2.87. The minimum absolute atomic E-state index is 0. The van der Waals surface area contributed by atoms with E-state index >= 15 is 0 Å². The van der Waals surface area contributed by atoms with Gasteiger partial charge in [0.25, 0.3) is 0 Å². The summed E-state index contributed by atoms with van der Waals surface area (Å²) in [6.45, 7) is 7.17. The van der Waals surface area contributed by atoms with E-state index < -0.39 is 10.0 Å². The van der Waals surface area contributed by atoms with Crippen molar-refractivity contribution < 1.29 is 8.42 Å². The molecule has 0 amide bonds. The summed E-state index contributed by atoms with van der Waals surface area (Å²) in [5, 5.41) is 10.7. The molecule has 0 unspecified atom stereocenters. The highest BCUT2D eigenvalue weighted by atomic mass is 127. The molecule has 1 aromatic carbocycles. The summed E-state index contributed by atoms with van der Waals surface area (Å²) in [4.78, 5) is 4.42. The first-order valence-corrected chi connectivity index (χ1v) is 10.2. The van der Waals surface area contributed by atoms with Crippen LogP contribution < -0.4 is 15.4 Å². The number of benzene rings is 1. The normalized spacial score (nSPS) is 11.8. The van der Waals surface area contributed by atoms with Gasteiger partial charge in [-0.3, -0.25) is 9.67 Å². The number of aryl methyl sites for hydroxylation is 3. The van der Waals surface area contributed by atoms with Gasteiger partial charge < -0.3 is 10.6 Å². The number of hydrogen-bond acceptors (Lipinski definition) is 4. The molecule has 0 bridgehead atoms. The van der Waals surface area contributed by atoms with Gasteiger partial charge in [0.2, 0.25) is 10.0 Å². The number of nitrogens with zero attached hydrogens (tertiary/aromatic N) is 3. The lowest BCUT2D eigenvalue weighted by Crippen LogP contribution is -2.41. The molecule has 0 fully saturated rings. The molecule has 0 atom stereocenters. The van der Waals surface area contributed by atoms with Gasteiger partial charge in [0.1, 0.15) is 0 Å². The third kappa shape index (κ3) is 6.45. The number of sulfonamides is 1. The molecule has 1 heterocycles. The summed E-state index contributed by atoms with van der Waals surface area (Å²) in [5.74, 6) is 0.604. The molecule has 10 heteroatoms. The monoisotopic (exact) mass is 520 g/mol. The van der Waals surface area contributed by atoms with Gasteiger partial charge in [-0.25, -0.2) is 13.1 Å². The molecule has 0 aliphatic carbocycles. The SMILES string of the molecule is CN=C(NCCNS(=O)(=O)c1ccc(C)cc1)NCc1c(C)nn(C)c1C.I. The molecule has 0 aliphatic heterocycles. The fourth-order valence-corrected chi connectivity index (χ4v) is 3.66. The Morgan fingerprint density at radius 1 is 1.11 bits per heavy atom. The molecule has 0 saturated heterocycles. The molecular formula is C18H29IN6O2S. The second kappa shape index (κ2) is 10.8. The van der Waals surface area contributed by atoms with Gasteiger partial charge in [-0.2, -0.15) is 5.10 Å². The zero-order valence-corrected chi connectivity index (χ0v) is 20.1. The van der Waals surface area contributed by atoms with Gasteiger partial charge in [-0.1, -0.05) is 17.7 Å². The van der Waals surface area contributed by atoms with E-state index in [1.54, 1.807) is 31.3 Å². The molecule has 0 aliphatic rings. The highest BCUT2D eigenvalue weighted by Gasteiger charge is 2.13. The number of hydrogen-bond donors (Lipinski definition) is 3. The summed E-state index contributed by atoms with van der Waals surface area (Å²) in [6.07, 6.45) is 0. The highest BCUT2D eigenvalue weighted by Crippen LogP contribution is 2.11. The first-order valence-electron chi connectivity index (χ1n) is 8.74. The lowest BCUT2D eigenvalue weighted by Gasteiger charge is -2.13. The highest BCUT2D eigenvalue weighted by molar-refractivity contribution is 14.0. The predicted octanol–water partition coefficient (Wildman–Crippen LogP) is 1.61. The van der Waals surface area contributed by atoms with E-state index in [-0.39, 0.29) is 35.4 Å². The average molecular weight is 520 g/mol. The van der Waals surface area contributed by atoms with Crippen molar-refractivity contribution in [3.8, 4) is 0 Å². The fourth-order valence-electron chi connectivity index (χ4n) is 2.63. The number of aliphatic imine (C=N–C) groups is 1. The lowest BCUT2D eigenvalue weighted by molar-refractivity contribution is 0.580. The zero-order chi connectivity index (χ0) is 20.0. The van der Waals surface area contributed by atoms with Crippen molar-refractivity contribution in [2.45, 2.75) is 32.2 Å². The van der Waals surface area contributed by atoms with Crippen LogP contribution in [0.15, 0.2) is 34.2 Å². The van der Waals surface area contributed by atoms with E-state index in [2.05, 4.69) is 25.4 Å². The largest absolute Gasteiger partial charge is 0.355 e. The Morgan fingerprint density at radius 2 is 1.75 bits per heavy atom. The van der Waals surface area contributed by atoms with Crippen LogP contribution in [0, 0.1) is 20.8 Å². The summed E-state index contributed by atoms with van der Waals surface area (Å²) in [7, 11) is 0.0843. The van der Waals surface area contributed by atoms with Crippen molar-refractivity contribution in [1.82, 2.24) is 25.1 Å². The molecule has 0 saturated carbocycles. The van der Waals surface area contributed by atoms with Crippen molar-refractivity contribution in [3.05, 3.63) is 46.8 Å². The van der Waals surface area contributed by atoms with Crippen molar-refractivity contribution >= 4 is 40.0 Å². The number of guanidine groups is 1. The van der Waals surface area contributed by atoms with E-state index in [9.17, 15) is 8.42 Å². The fraction of sp³-hybridized carbons (Fsp3) is 0.444. The van der Waals surface area contributed by atoms with Gasteiger partial charge >= 0.3 is 0 Å². The van der Waals surface area contributed by atoms with E-state index in [0.717, 1.165) is 22.5 Å². The second-order valence-corrected chi connectivity index (χ2v) is 8.10. The summed E-state index contributed by atoms with van der Waals surface area (Å²) in [6, 6.07) is 6.76. The van der Waals surface area contributed by atoms with Gasteiger partial charge in [0.15, 0.2) is 5.96 Å². The summed E-state index contributed by atoms with van der Waals surface area (Å²) in [5.41, 5.74) is 4.22. The summed E-state index contributed by atoms with van der Waals surface area (Å²) < 4.78 is 28.9. The topological polar surface area (TPSA) is 100 Å². The predicted molar refractivity (Wildman–Crippen MR) is 123 cm³/mol. The molecule has 8 nitrogen and oxygen atoms in total. The van der Waals surface area contributed by atoms with E-state index in [1.165, 1.54) is 0 Å². The molecule has 0 radical (unpaired) electrons. The van der Waals surface area contributed by atoms with Gasteiger partial charge in [0.05, 0.1) is 10.6 Å². The number of rotatable bonds is 7. The molecule has 28 heavy (non-hydrogen) atoms. The third-order valence-electron chi connectivity index (χ3n) is 4.36. The Kier molecular flexibility index (Phi) is 9.37. The maximum absolute atomic E-state index is 12.3. The lowest BCUT2D eigenvalue weighted by atomic mass is 10.2. The van der Waals surface area contributed by atoms with Crippen molar-refractivity contribution in [3.63, 3.8) is 0 Å². The number of halogens is 1. The molecule has 156 valence electrons. The quantitative estimate of drug-likeness (QED) is 0.223. The van der Waals surface area contributed by atoms with E-state index in [4.69, 9.17) is 0 Å². The van der Waals surface area contributed by atoms with Crippen LogP contribution in [-0.2, 0) is 23.6 Å². The van der Waals surface area contributed by atoms with Crippen LogP contribution in [0.3, 0.4) is 0 Å². The minimum Gasteiger partial charge on any atom is -0.355 e. The van der Waals surface area contributed by atoms with Crippen molar-refractivity contribution in [1.29, 1.82) is 0 Å². The Hall–Kier alpha value is -1.66. The Bertz CT molecular complexity index is 907. The van der Waals surface area contributed by atoms with Gasteiger partial charge in [-0.15, -0.1) is 24.0 Å². The summed E-state index contributed by atoms with van der Waals surface area (Å²) >= 11 is 0. The minimum atomic E-state index is -3.51. The molecular weight excluding hydrogens is 491 g/mol. The van der Waals surface area contributed by atoms with E-state index in [0.29, 0.717) is 19.0 Å². The third-order valence-corrected chi connectivity index (χ3v) is 5.83. The van der Waals surface area contributed by atoms with Crippen LogP contribution >= 0.6 is 24.0 Å². The number of nitrogens with one attached hydrogen (secondary N) is 3. The van der Waals surface area contributed by atoms with Gasteiger partial charge in [-0.05, 0) is 32.9 Å². The van der Waals surface area contributed by atoms with Gasteiger partial charge in [0, 0.05) is 45.0 Å². The zero-order valence-electron chi connectivity index (χ0n) is 16.9. The van der Waals surface area contributed by atoms with Crippen LogP contribution in [0.1, 0.15) is 22.5 Å². The van der Waals surface area contributed by atoms with Crippen molar-refractivity contribution in [2.75, 3.05) is 20.1 Å². The Labute approximate surface area is 184 Å². The molecule has 1 aromatic heterocycles. The Balaban J connectivity index is 0.00000392.